The highest BCUT2D eigenvalue weighted by atomic mass is 79.9. The second-order valence-electron chi connectivity index (χ2n) is 6.10. The molecule has 4 heteroatoms. The Balaban J connectivity index is 2.10. The lowest BCUT2D eigenvalue weighted by Gasteiger charge is -2.33. The van der Waals surface area contributed by atoms with Gasteiger partial charge in [-0.1, -0.05) is 19.8 Å². The molecule has 1 N–H and O–H groups in total. The smallest absolute Gasteiger partial charge is 0.0738 e. The molecule has 0 saturated heterocycles. The Morgan fingerprint density at radius 2 is 2.21 bits per heavy atom. The molecule has 0 aromatic carbocycles. The summed E-state index contributed by atoms with van der Waals surface area (Å²) in [6.07, 6.45) is 6.58. The van der Waals surface area contributed by atoms with Gasteiger partial charge in [-0.05, 0) is 54.6 Å². The van der Waals surface area contributed by atoms with Gasteiger partial charge in [-0.2, -0.15) is 5.10 Å². The lowest BCUT2D eigenvalue weighted by Crippen LogP contribution is -2.38. The Hall–Kier alpha value is -0.350. The molecule has 1 aliphatic carbocycles. The molecule has 0 spiro atoms. The van der Waals surface area contributed by atoms with Gasteiger partial charge in [0.2, 0.25) is 0 Å². The summed E-state index contributed by atoms with van der Waals surface area (Å²) in [5.41, 5.74) is 2.40. The van der Waals surface area contributed by atoms with Gasteiger partial charge >= 0.3 is 0 Å². The van der Waals surface area contributed by atoms with Crippen molar-refractivity contribution >= 4 is 15.9 Å². The number of nitrogens with one attached hydrogen (secondary N) is 1. The minimum atomic E-state index is 0.564. The van der Waals surface area contributed by atoms with Crippen LogP contribution in [0.25, 0.3) is 0 Å². The van der Waals surface area contributed by atoms with Crippen molar-refractivity contribution < 1.29 is 0 Å². The normalized spacial score (nSPS) is 25.5. The van der Waals surface area contributed by atoms with E-state index >= 15 is 0 Å². The van der Waals surface area contributed by atoms with Crippen LogP contribution in [0.3, 0.4) is 0 Å². The van der Waals surface area contributed by atoms with Crippen molar-refractivity contribution in [2.75, 3.05) is 7.05 Å². The van der Waals surface area contributed by atoms with Gasteiger partial charge in [0.05, 0.1) is 15.9 Å². The number of rotatable bonds is 4. The molecule has 3 nitrogen and oxygen atoms in total. The molecule has 108 valence electrons. The highest BCUT2D eigenvalue weighted by molar-refractivity contribution is 9.10. The van der Waals surface area contributed by atoms with Crippen molar-refractivity contribution in [3.05, 3.63) is 15.9 Å². The third kappa shape index (κ3) is 3.40. The maximum atomic E-state index is 4.50. The van der Waals surface area contributed by atoms with Crippen LogP contribution in [0.5, 0.6) is 0 Å². The number of nitrogens with zero attached hydrogens (tertiary/aromatic N) is 2. The summed E-state index contributed by atoms with van der Waals surface area (Å²) in [6.45, 7) is 4.45. The number of aryl methyl sites for hydroxylation is 2. The zero-order chi connectivity index (χ0) is 14.0. The fourth-order valence-corrected chi connectivity index (χ4v) is 3.96. The fourth-order valence-electron chi connectivity index (χ4n) is 3.46. The molecule has 19 heavy (non-hydrogen) atoms. The molecule has 1 aliphatic rings. The molecule has 3 atom stereocenters. The Bertz CT molecular complexity index is 427. The first kappa shape index (κ1) is 15.0. The highest BCUT2D eigenvalue weighted by Gasteiger charge is 2.27. The fraction of sp³-hybridized carbons (Fsp3) is 0.800. The van der Waals surface area contributed by atoms with E-state index in [2.05, 4.69) is 47.2 Å². The molecule has 0 amide bonds. The SMILES string of the molecule is CNC(Cc1c(Br)c(C)nn1C)C1CCCC(C)C1. The van der Waals surface area contributed by atoms with Crippen molar-refractivity contribution in [3.63, 3.8) is 0 Å². The maximum absolute atomic E-state index is 4.50. The second kappa shape index (κ2) is 6.40. The Kier molecular flexibility index (Phi) is 5.07. The second-order valence-corrected chi connectivity index (χ2v) is 6.89. The quantitative estimate of drug-likeness (QED) is 0.917. The Labute approximate surface area is 125 Å². The summed E-state index contributed by atoms with van der Waals surface area (Å²) >= 11 is 3.68. The van der Waals surface area contributed by atoms with Gasteiger partial charge in [-0.3, -0.25) is 4.68 Å². The molecular weight excluding hydrogens is 302 g/mol. The monoisotopic (exact) mass is 327 g/mol. The Morgan fingerprint density at radius 3 is 2.74 bits per heavy atom. The summed E-state index contributed by atoms with van der Waals surface area (Å²) in [5, 5.41) is 8.04. The summed E-state index contributed by atoms with van der Waals surface area (Å²) in [5.74, 6) is 1.68. The van der Waals surface area contributed by atoms with Crippen LogP contribution in [-0.4, -0.2) is 22.9 Å². The number of halogens is 1. The van der Waals surface area contributed by atoms with Crippen LogP contribution in [0, 0.1) is 18.8 Å². The van der Waals surface area contributed by atoms with Crippen LogP contribution in [-0.2, 0) is 13.5 Å². The number of aromatic nitrogens is 2. The van der Waals surface area contributed by atoms with E-state index in [1.165, 1.54) is 35.8 Å². The minimum absolute atomic E-state index is 0.564. The zero-order valence-corrected chi connectivity index (χ0v) is 14.1. The predicted molar refractivity (Wildman–Crippen MR) is 83.3 cm³/mol. The van der Waals surface area contributed by atoms with Gasteiger partial charge in [-0.25, -0.2) is 0 Å². The van der Waals surface area contributed by atoms with E-state index in [0.29, 0.717) is 6.04 Å². The van der Waals surface area contributed by atoms with Gasteiger partial charge in [-0.15, -0.1) is 0 Å². The van der Waals surface area contributed by atoms with E-state index in [4.69, 9.17) is 0 Å². The van der Waals surface area contributed by atoms with Gasteiger partial charge in [0.25, 0.3) is 0 Å². The molecule has 2 rings (SSSR count). The molecule has 3 unspecified atom stereocenters. The van der Waals surface area contributed by atoms with E-state index in [0.717, 1.165) is 24.0 Å². The first-order valence-corrected chi connectivity index (χ1v) is 8.17. The van der Waals surface area contributed by atoms with Crippen LogP contribution in [0.1, 0.15) is 44.0 Å². The van der Waals surface area contributed by atoms with Crippen molar-refractivity contribution in [1.29, 1.82) is 0 Å². The lowest BCUT2D eigenvalue weighted by atomic mass is 9.77. The number of likely N-dealkylation sites (N-methyl/N-ethyl adjacent to an activating group) is 1. The standard InChI is InChI=1S/C15H26BrN3/c1-10-6-5-7-12(8-10)13(17-3)9-14-15(16)11(2)18-19(14)4/h10,12-13,17H,5-9H2,1-4H3. The molecule has 1 heterocycles. The summed E-state index contributed by atoms with van der Waals surface area (Å²) in [7, 11) is 4.14. The van der Waals surface area contributed by atoms with Gasteiger partial charge in [0.15, 0.2) is 0 Å². The molecule has 1 aromatic rings. The molecule has 0 bridgehead atoms. The topological polar surface area (TPSA) is 29.9 Å². The van der Waals surface area contributed by atoms with Crippen LogP contribution in [0.15, 0.2) is 4.47 Å². The third-order valence-corrected chi connectivity index (χ3v) is 5.62. The van der Waals surface area contributed by atoms with E-state index in [1.54, 1.807) is 0 Å². The van der Waals surface area contributed by atoms with Crippen LogP contribution < -0.4 is 5.32 Å². The predicted octanol–water partition coefficient (Wildman–Crippen LogP) is 3.45. The lowest BCUT2D eigenvalue weighted by molar-refractivity contribution is 0.225. The van der Waals surface area contributed by atoms with Crippen molar-refractivity contribution in [2.24, 2.45) is 18.9 Å². The van der Waals surface area contributed by atoms with Gasteiger partial charge in [0.1, 0.15) is 0 Å². The highest BCUT2D eigenvalue weighted by Crippen LogP contribution is 2.33. The molecule has 1 saturated carbocycles. The van der Waals surface area contributed by atoms with Crippen LogP contribution in [0.2, 0.25) is 0 Å². The van der Waals surface area contributed by atoms with Crippen molar-refractivity contribution in [2.45, 2.75) is 52.0 Å². The average Bonchev–Trinajstić information content (AvgIpc) is 2.61. The Morgan fingerprint density at radius 1 is 1.47 bits per heavy atom. The molecule has 1 aromatic heterocycles. The first-order valence-electron chi connectivity index (χ1n) is 7.38. The number of hydrogen-bond donors (Lipinski definition) is 1. The van der Waals surface area contributed by atoms with E-state index < -0.39 is 0 Å². The molecule has 0 aliphatic heterocycles. The van der Waals surface area contributed by atoms with E-state index in [-0.39, 0.29) is 0 Å². The molecule has 1 fully saturated rings. The van der Waals surface area contributed by atoms with E-state index in [9.17, 15) is 0 Å². The van der Waals surface area contributed by atoms with Gasteiger partial charge < -0.3 is 5.32 Å². The third-order valence-electron chi connectivity index (χ3n) is 4.59. The molecule has 0 radical (unpaired) electrons. The molecular formula is C15H26BrN3. The minimum Gasteiger partial charge on any atom is -0.316 e. The maximum Gasteiger partial charge on any atom is 0.0738 e. The summed E-state index contributed by atoms with van der Waals surface area (Å²) < 4.78 is 3.20. The van der Waals surface area contributed by atoms with Crippen LogP contribution >= 0.6 is 15.9 Å². The average molecular weight is 328 g/mol. The zero-order valence-electron chi connectivity index (χ0n) is 12.5. The largest absolute Gasteiger partial charge is 0.316 e. The van der Waals surface area contributed by atoms with Crippen LogP contribution in [0.4, 0.5) is 0 Å². The number of hydrogen-bond acceptors (Lipinski definition) is 2. The summed E-state index contributed by atoms with van der Waals surface area (Å²) in [4.78, 5) is 0. The van der Waals surface area contributed by atoms with Crippen molar-refractivity contribution in [1.82, 2.24) is 15.1 Å². The van der Waals surface area contributed by atoms with Gasteiger partial charge in [0, 0.05) is 19.5 Å². The van der Waals surface area contributed by atoms with E-state index in [1.807, 2.05) is 11.7 Å². The summed E-state index contributed by atoms with van der Waals surface area (Å²) in [6, 6.07) is 0.564. The first-order chi connectivity index (χ1) is 9.02. The van der Waals surface area contributed by atoms with Crippen molar-refractivity contribution in [3.8, 4) is 0 Å².